The molecule has 4 rings (SSSR count). The third kappa shape index (κ3) is 1.78. The van der Waals surface area contributed by atoms with Gasteiger partial charge in [-0.15, -0.1) is 0 Å². The highest BCUT2D eigenvalue weighted by molar-refractivity contribution is 7.89. The Bertz CT molecular complexity index is 648. The number of sulfonamides is 1. The molecule has 1 aliphatic heterocycles. The van der Waals surface area contributed by atoms with Crippen molar-refractivity contribution in [2.45, 2.75) is 11.3 Å². The van der Waals surface area contributed by atoms with E-state index in [1.54, 1.807) is 28.6 Å². The first-order chi connectivity index (χ1) is 9.55. The van der Waals surface area contributed by atoms with Gasteiger partial charge in [-0.25, -0.2) is 8.42 Å². The SMILES string of the molecule is O=S(=O)(c1ccc(Cl)cc1)N1CC2[C@H]3C=C[C@H](C3)[C@H]2C1. The molecule has 1 aromatic rings. The van der Waals surface area contributed by atoms with Crippen molar-refractivity contribution >= 4 is 21.6 Å². The highest BCUT2D eigenvalue weighted by Gasteiger charge is 2.51. The number of halogens is 1. The molecular formula is C15H16ClNO2S. The van der Waals surface area contributed by atoms with E-state index < -0.39 is 10.0 Å². The lowest BCUT2D eigenvalue weighted by Gasteiger charge is -2.18. The monoisotopic (exact) mass is 309 g/mol. The Balaban J connectivity index is 1.61. The van der Waals surface area contributed by atoms with Crippen LogP contribution in [0.3, 0.4) is 0 Å². The molecule has 1 saturated heterocycles. The topological polar surface area (TPSA) is 37.4 Å². The maximum absolute atomic E-state index is 12.7. The summed E-state index contributed by atoms with van der Waals surface area (Å²) in [4.78, 5) is 0.349. The molecule has 0 N–H and O–H groups in total. The maximum Gasteiger partial charge on any atom is 0.243 e. The van der Waals surface area contributed by atoms with Gasteiger partial charge in [0, 0.05) is 18.1 Å². The second-order valence-electron chi connectivity index (χ2n) is 6.05. The number of fused-ring (bicyclic) bond motifs is 5. The molecular weight excluding hydrogens is 294 g/mol. The molecule has 1 aromatic carbocycles. The smallest absolute Gasteiger partial charge is 0.207 e. The van der Waals surface area contributed by atoms with E-state index in [1.807, 2.05) is 0 Å². The first-order valence-electron chi connectivity index (χ1n) is 7.00. The van der Waals surface area contributed by atoms with Gasteiger partial charge in [0.05, 0.1) is 4.90 Å². The summed E-state index contributed by atoms with van der Waals surface area (Å²) in [6.45, 7) is 1.34. The number of nitrogens with zero attached hydrogens (tertiary/aromatic N) is 1. The molecule has 0 spiro atoms. The van der Waals surface area contributed by atoms with Crippen molar-refractivity contribution in [2.24, 2.45) is 23.7 Å². The first-order valence-corrected chi connectivity index (χ1v) is 8.81. The van der Waals surface area contributed by atoms with Crippen molar-refractivity contribution < 1.29 is 8.42 Å². The summed E-state index contributed by atoms with van der Waals surface area (Å²) in [5.74, 6) is 2.23. The minimum atomic E-state index is -3.37. The standard InChI is InChI=1S/C15H16ClNO2S/c16-12-3-5-13(6-4-12)20(18,19)17-8-14-10-1-2-11(7-10)15(14)9-17/h1-6,10-11,14-15H,7-9H2/t10-,11+,14-,15?/m1/s1. The maximum atomic E-state index is 12.7. The lowest BCUT2D eigenvalue weighted by atomic mass is 9.86. The number of benzene rings is 1. The number of hydrogen-bond donors (Lipinski definition) is 0. The van der Waals surface area contributed by atoms with Gasteiger partial charge in [0.1, 0.15) is 0 Å². The second-order valence-corrected chi connectivity index (χ2v) is 8.43. The number of hydrogen-bond acceptors (Lipinski definition) is 2. The molecule has 0 radical (unpaired) electrons. The normalized spacial score (nSPS) is 35.6. The number of rotatable bonds is 2. The Hall–Kier alpha value is -0.840. The van der Waals surface area contributed by atoms with Crippen LogP contribution in [0.25, 0.3) is 0 Å². The van der Waals surface area contributed by atoms with Crippen molar-refractivity contribution in [3.63, 3.8) is 0 Å². The molecule has 2 fully saturated rings. The summed E-state index contributed by atoms with van der Waals surface area (Å²) < 4.78 is 27.0. The van der Waals surface area contributed by atoms with Gasteiger partial charge in [-0.3, -0.25) is 0 Å². The predicted octanol–water partition coefficient (Wildman–Crippen LogP) is 2.78. The summed E-state index contributed by atoms with van der Waals surface area (Å²) >= 11 is 5.83. The summed E-state index contributed by atoms with van der Waals surface area (Å²) in [5, 5.41) is 0.560. The number of allylic oxidation sites excluding steroid dienone is 2. The molecule has 4 atom stereocenters. The Morgan fingerprint density at radius 3 is 2.10 bits per heavy atom. The third-order valence-corrected chi connectivity index (χ3v) is 7.18. The van der Waals surface area contributed by atoms with E-state index in [9.17, 15) is 8.42 Å². The van der Waals surface area contributed by atoms with Crippen LogP contribution < -0.4 is 0 Å². The molecule has 2 bridgehead atoms. The molecule has 20 heavy (non-hydrogen) atoms. The molecule has 1 unspecified atom stereocenters. The van der Waals surface area contributed by atoms with Crippen LogP contribution in [0.4, 0.5) is 0 Å². The molecule has 5 heteroatoms. The fraction of sp³-hybridized carbons (Fsp3) is 0.467. The van der Waals surface area contributed by atoms with Crippen molar-refractivity contribution in [2.75, 3.05) is 13.1 Å². The van der Waals surface area contributed by atoms with E-state index in [2.05, 4.69) is 12.2 Å². The van der Waals surface area contributed by atoms with Crippen LogP contribution in [0.2, 0.25) is 5.02 Å². The molecule has 3 aliphatic rings. The fourth-order valence-corrected chi connectivity index (χ4v) is 5.71. The Morgan fingerprint density at radius 1 is 1.00 bits per heavy atom. The summed E-state index contributed by atoms with van der Waals surface area (Å²) in [5.41, 5.74) is 0. The van der Waals surface area contributed by atoms with E-state index in [-0.39, 0.29) is 0 Å². The first kappa shape index (κ1) is 12.9. The Kier molecular flexibility index (Phi) is 2.78. The molecule has 0 aromatic heterocycles. The summed E-state index contributed by atoms with van der Waals surface area (Å²) in [6, 6.07) is 6.46. The van der Waals surface area contributed by atoms with Gasteiger partial charge in [-0.2, -0.15) is 4.31 Å². The van der Waals surface area contributed by atoms with Gasteiger partial charge in [0.2, 0.25) is 10.0 Å². The lowest BCUT2D eigenvalue weighted by molar-refractivity contribution is 0.395. The van der Waals surface area contributed by atoms with Crippen LogP contribution in [0.1, 0.15) is 6.42 Å². The van der Waals surface area contributed by atoms with Crippen molar-refractivity contribution in [3.05, 3.63) is 41.4 Å². The zero-order valence-corrected chi connectivity index (χ0v) is 12.5. The summed E-state index contributed by atoms with van der Waals surface area (Å²) in [6.07, 6.45) is 5.79. The molecule has 2 aliphatic carbocycles. The zero-order valence-electron chi connectivity index (χ0n) is 10.9. The van der Waals surface area contributed by atoms with Crippen LogP contribution in [0.15, 0.2) is 41.3 Å². The molecule has 1 saturated carbocycles. The predicted molar refractivity (Wildman–Crippen MR) is 77.9 cm³/mol. The zero-order chi connectivity index (χ0) is 13.9. The van der Waals surface area contributed by atoms with Crippen LogP contribution >= 0.6 is 11.6 Å². The Morgan fingerprint density at radius 2 is 1.55 bits per heavy atom. The van der Waals surface area contributed by atoms with E-state index in [0.717, 1.165) is 0 Å². The van der Waals surface area contributed by atoms with Gasteiger partial charge in [0.25, 0.3) is 0 Å². The Labute approximate surface area is 124 Å². The van der Waals surface area contributed by atoms with Gasteiger partial charge in [-0.05, 0) is 54.4 Å². The van der Waals surface area contributed by atoms with Crippen molar-refractivity contribution in [1.29, 1.82) is 0 Å². The highest BCUT2D eigenvalue weighted by Crippen LogP contribution is 2.52. The fourth-order valence-electron chi connectivity index (χ4n) is 4.07. The van der Waals surface area contributed by atoms with Crippen LogP contribution in [0.5, 0.6) is 0 Å². The van der Waals surface area contributed by atoms with Crippen molar-refractivity contribution in [1.82, 2.24) is 4.31 Å². The average Bonchev–Trinajstić information content (AvgIpc) is 3.12. The van der Waals surface area contributed by atoms with E-state index >= 15 is 0 Å². The largest absolute Gasteiger partial charge is 0.243 e. The van der Waals surface area contributed by atoms with Gasteiger partial charge in [0.15, 0.2) is 0 Å². The van der Waals surface area contributed by atoms with Crippen LogP contribution in [-0.2, 0) is 10.0 Å². The van der Waals surface area contributed by atoms with Crippen LogP contribution in [-0.4, -0.2) is 25.8 Å². The van der Waals surface area contributed by atoms with Gasteiger partial charge >= 0.3 is 0 Å². The minimum Gasteiger partial charge on any atom is -0.207 e. The molecule has 106 valence electrons. The average molecular weight is 310 g/mol. The van der Waals surface area contributed by atoms with Gasteiger partial charge in [-0.1, -0.05) is 23.8 Å². The lowest BCUT2D eigenvalue weighted by Crippen LogP contribution is -2.30. The van der Waals surface area contributed by atoms with E-state index in [1.165, 1.54) is 6.42 Å². The quantitative estimate of drug-likeness (QED) is 0.788. The second kappa shape index (κ2) is 4.33. The minimum absolute atomic E-state index is 0.349. The van der Waals surface area contributed by atoms with E-state index in [0.29, 0.717) is 46.7 Å². The molecule has 1 heterocycles. The molecule has 3 nitrogen and oxygen atoms in total. The third-order valence-electron chi connectivity index (χ3n) is 5.08. The van der Waals surface area contributed by atoms with Gasteiger partial charge < -0.3 is 0 Å². The van der Waals surface area contributed by atoms with E-state index in [4.69, 9.17) is 11.6 Å². The molecule has 0 amide bonds. The highest BCUT2D eigenvalue weighted by atomic mass is 35.5. The van der Waals surface area contributed by atoms with Crippen LogP contribution in [0, 0.1) is 23.7 Å². The summed E-state index contributed by atoms with van der Waals surface area (Å²) in [7, 11) is -3.37. The van der Waals surface area contributed by atoms with Crippen molar-refractivity contribution in [3.8, 4) is 0 Å².